The van der Waals surface area contributed by atoms with Crippen LogP contribution in [0.5, 0.6) is 11.5 Å². The minimum absolute atomic E-state index is 0.0482. The average molecular weight is 475 g/mol. The van der Waals surface area contributed by atoms with Crippen LogP contribution in [0.3, 0.4) is 0 Å². The number of methoxy groups -OCH3 is 2. The lowest BCUT2D eigenvalue weighted by molar-refractivity contribution is 0.414. The lowest BCUT2D eigenvalue weighted by Crippen LogP contribution is -2.20. The fourth-order valence-corrected chi connectivity index (χ4v) is 7.02. The lowest BCUT2D eigenvalue weighted by Gasteiger charge is -2.34. The molecule has 0 amide bonds. The Labute approximate surface area is 206 Å². The van der Waals surface area contributed by atoms with Gasteiger partial charge in [0, 0.05) is 0 Å². The minimum atomic E-state index is -0.0482. The van der Waals surface area contributed by atoms with Crippen LogP contribution in [0.1, 0.15) is 28.7 Å². The predicted octanol–water partition coefficient (Wildman–Crippen LogP) is 7.72. The Hall–Kier alpha value is -2.56. The number of rotatable bonds is 7. The predicted molar refractivity (Wildman–Crippen MR) is 145 cm³/mol. The van der Waals surface area contributed by atoms with Crippen LogP contribution >= 0.6 is 23.5 Å². The smallest absolute Gasteiger partial charge is 0.118 e. The summed E-state index contributed by atoms with van der Waals surface area (Å²) in [6.45, 7) is 2.15. The molecular weight excluding hydrogens is 444 g/mol. The second kappa shape index (κ2) is 11.0. The van der Waals surface area contributed by atoms with Crippen molar-refractivity contribution in [1.82, 2.24) is 0 Å². The van der Waals surface area contributed by atoms with E-state index >= 15 is 0 Å². The van der Waals surface area contributed by atoms with Crippen LogP contribution in [0.25, 0.3) is 5.57 Å². The molecule has 1 fully saturated rings. The Morgan fingerprint density at radius 3 is 1.76 bits per heavy atom. The molecule has 170 valence electrons. The van der Waals surface area contributed by atoms with Gasteiger partial charge >= 0.3 is 0 Å². The number of hydrogen-bond donors (Lipinski definition) is 0. The summed E-state index contributed by atoms with van der Waals surface area (Å²) in [6, 6.07) is 25.5. The first-order chi connectivity index (χ1) is 16.1. The third-order valence-electron chi connectivity index (χ3n) is 5.76. The monoisotopic (exact) mass is 474 g/mol. The molecule has 0 aromatic heterocycles. The number of aryl methyl sites for hydroxylation is 1. The van der Waals surface area contributed by atoms with Crippen molar-refractivity contribution in [3.8, 4) is 11.5 Å². The fraction of sp³-hybridized carbons (Fsp3) is 0.241. The van der Waals surface area contributed by atoms with Crippen molar-refractivity contribution in [2.24, 2.45) is 0 Å². The van der Waals surface area contributed by atoms with Gasteiger partial charge in [-0.05, 0) is 71.4 Å². The Morgan fingerprint density at radius 2 is 1.27 bits per heavy atom. The van der Waals surface area contributed by atoms with E-state index in [0.717, 1.165) is 22.6 Å². The average Bonchev–Trinajstić information content (AvgIpc) is 2.88. The maximum atomic E-state index is 5.36. The Bertz CT molecular complexity index is 1040. The first kappa shape index (κ1) is 23.6. The largest absolute Gasteiger partial charge is 0.497 e. The Kier molecular flexibility index (Phi) is 7.89. The Morgan fingerprint density at radius 1 is 0.758 bits per heavy atom. The van der Waals surface area contributed by atoms with Gasteiger partial charge in [-0.15, -0.1) is 23.5 Å². The van der Waals surface area contributed by atoms with E-state index in [9.17, 15) is 0 Å². The van der Waals surface area contributed by atoms with Gasteiger partial charge in [0.15, 0.2) is 0 Å². The summed E-state index contributed by atoms with van der Waals surface area (Å²) in [7, 11) is 3.39. The van der Waals surface area contributed by atoms with Gasteiger partial charge in [0.25, 0.3) is 0 Å². The second-order valence-electron chi connectivity index (χ2n) is 7.98. The molecule has 0 spiro atoms. The van der Waals surface area contributed by atoms with Gasteiger partial charge in [0.1, 0.15) is 15.6 Å². The van der Waals surface area contributed by atoms with Crippen LogP contribution in [0.15, 0.2) is 91.0 Å². The van der Waals surface area contributed by atoms with Crippen molar-refractivity contribution >= 4 is 29.1 Å². The molecule has 0 unspecified atom stereocenters. The third-order valence-corrected chi connectivity index (χ3v) is 9.05. The maximum absolute atomic E-state index is 5.36. The molecular formula is C29H30O2S2. The molecule has 1 aliphatic rings. The van der Waals surface area contributed by atoms with Gasteiger partial charge in [-0.3, -0.25) is 0 Å². The van der Waals surface area contributed by atoms with Gasteiger partial charge in [0.2, 0.25) is 0 Å². The molecule has 0 bridgehead atoms. The van der Waals surface area contributed by atoms with Crippen molar-refractivity contribution in [2.75, 3.05) is 25.7 Å². The molecule has 0 aliphatic carbocycles. The highest BCUT2D eigenvalue weighted by atomic mass is 32.2. The summed E-state index contributed by atoms with van der Waals surface area (Å²) in [6.07, 6.45) is 8.10. The van der Waals surface area contributed by atoms with E-state index in [-0.39, 0.29) is 4.08 Å². The summed E-state index contributed by atoms with van der Waals surface area (Å²) in [5, 5.41) is 0. The zero-order valence-corrected chi connectivity index (χ0v) is 21.0. The highest BCUT2D eigenvalue weighted by molar-refractivity contribution is 8.18. The quantitative estimate of drug-likeness (QED) is 0.326. The molecule has 3 aromatic carbocycles. The molecule has 0 saturated carbocycles. The highest BCUT2D eigenvalue weighted by Gasteiger charge is 2.32. The molecule has 0 N–H and O–H groups in total. The summed E-state index contributed by atoms with van der Waals surface area (Å²) in [4.78, 5) is 0. The van der Waals surface area contributed by atoms with E-state index in [2.05, 4.69) is 73.7 Å². The lowest BCUT2D eigenvalue weighted by atomic mass is 9.97. The molecule has 4 rings (SSSR count). The zero-order valence-electron chi connectivity index (χ0n) is 19.4. The van der Waals surface area contributed by atoms with Crippen molar-refractivity contribution in [1.29, 1.82) is 0 Å². The summed E-state index contributed by atoms with van der Waals surface area (Å²) in [5.74, 6) is 4.07. The number of allylic oxidation sites excluding steroid dienone is 2. The summed E-state index contributed by atoms with van der Waals surface area (Å²) in [5.41, 5.74) is 6.13. The second-order valence-corrected chi connectivity index (χ2v) is 10.9. The van der Waals surface area contributed by atoms with E-state index in [1.165, 1.54) is 34.6 Å². The third kappa shape index (κ3) is 5.69. The van der Waals surface area contributed by atoms with Crippen molar-refractivity contribution < 1.29 is 9.47 Å². The molecule has 3 aromatic rings. The topological polar surface area (TPSA) is 18.5 Å². The molecule has 0 atom stereocenters. The van der Waals surface area contributed by atoms with Crippen LogP contribution in [0.4, 0.5) is 0 Å². The molecule has 0 radical (unpaired) electrons. The van der Waals surface area contributed by atoms with E-state index in [4.69, 9.17) is 9.47 Å². The minimum Gasteiger partial charge on any atom is -0.497 e. The normalized spacial score (nSPS) is 15.2. The number of thioether (sulfide) groups is 2. The highest BCUT2D eigenvalue weighted by Crippen LogP contribution is 2.51. The van der Waals surface area contributed by atoms with Gasteiger partial charge < -0.3 is 9.47 Å². The summed E-state index contributed by atoms with van der Waals surface area (Å²) >= 11 is 4.07. The van der Waals surface area contributed by atoms with Gasteiger partial charge in [-0.2, -0.15) is 0 Å². The van der Waals surface area contributed by atoms with Crippen molar-refractivity contribution in [3.05, 3.63) is 113 Å². The number of benzene rings is 3. The van der Waals surface area contributed by atoms with Crippen LogP contribution in [-0.2, 0) is 4.08 Å². The molecule has 2 nitrogen and oxygen atoms in total. The SMILES string of the molecule is COc1ccc(C(=C/C=C/C2(c3ccc(C)cc3)SCCCS2)c2ccc(OC)cc2)cc1. The van der Waals surface area contributed by atoms with Crippen molar-refractivity contribution in [2.45, 2.75) is 17.4 Å². The van der Waals surface area contributed by atoms with Crippen LogP contribution < -0.4 is 9.47 Å². The molecule has 1 aliphatic heterocycles. The van der Waals surface area contributed by atoms with Crippen LogP contribution in [-0.4, -0.2) is 25.7 Å². The fourth-order valence-electron chi connectivity index (χ4n) is 3.86. The van der Waals surface area contributed by atoms with E-state index in [1.54, 1.807) is 14.2 Å². The van der Waals surface area contributed by atoms with Gasteiger partial charge in [-0.1, -0.05) is 72.3 Å². The Balaban J connectivity index is 1.72. The number of ether oxygens (including phenoxy) is 2. The zero-order chi connectivity index (χ0) is 23.1. The van der Waals surface area contributed by atoms with Crippen molar-refractivity contribution in [3.63, 3.8) is 0 Å². The van der Waals surface area contributed by atoms with Crippen LogP contribution in [0, 0.1) is 6.92 Å². The van der Waals surface area contributed by atoms with E-state index < -0.39 is 0 Å². The first-order valence-corrected chi connectivity index (χ1v) is 13.1. The van der Waals surface area contributed by atoms with Gasteiger partial charge in [-0.25, -0.2) is 0 Å². The standard InChI is InChI=1S/C29H30O2S2/c1-22-7-13-25(14-8-22)29(32-20-5-21-33-29)19-4-6-28(23-9-15-26(30-2)16-10-23)24-11-17-27(31-3)18-12-24/h4,6-19H,5,20-21H2,1-3H3/b19-4+. The first-order valence-electron chi connectivity index (χ1n) is 11.2. The summed E-state index contributed by atoms with van der Waals surface area (Å²) < 4.78 is 10.7. The number of hydrogen-bond acceptors (Lipinski definition) is 4. The molecule has 4 heteroatoms. The molecule has 1 heterocycles. The van der Waals surface area contributed by atoms with E-state index in [1.807, 2.05) is 47.8 Å². The van der Waals surface area contributed by atoms with Gasteiger partial charge in [0.05, 0.1) is 14.2 Å². The maximum Gasteiger partial charge on any atom is 0.118 e. The molecule has 1 saturated heterocycles. The van der Waals surface area contributed by atoms with E-state index in [0.29, 0.717) is 0 Å². The molecule has 33 heavy (non-hydrogen) atoms. The van der Waals surface area contributed by atoms with Crippen LogP contribution in [0.2, 0.25) is 0 Å².